The van der Waals surface area contributed by atoms with Gasteiger partial charge < -0.3 is 19.5 Å². The lowest BCUT2D eigenvalue weighted by Gasteiger charge is -2.27. The van der Waals surface area contributed by atoms with Crippen molar-refractivity contribution in [3.05, 3.63) is 60.3 Å². The first-order chi connectivity index (χ1) is 17.2. The Balaban J connectivity index is 1.28. The monoisotopic (exact) mass is 473 g/mol. The van der Waals surface area contributed by atoms with Crippen LogP contribution in [0.2, 0.25) is 0 Å². The number of hydrogen-bond acceptors (Lipinski definition) is 7. The molecule has 3 aromatic heterocycles. The van der Waals surface area contributed by atoms with Gasteiger partial charge in [-0.3, -0.25) is 4.98 Å². The molecule has 8 nitrogen and oxygen atoms in total. The Morgan fingerprint density at radius 3 is 2.66 bits per heavy atom. The third-order valence-corrected chi connectivity index (χ3v) is 6.83. The van der Waals surface area contributed by atoms with Crippen molar-refractivity contribution in [2.24, 2.45) is 0 Å². The molecule has 1 saturated heterocycles. The third-order valence-electron chi connectivity index (χ3n) is 6.83. The second kappa shape index (κ2) is 9.58. The molecule has 180 valence electrons. The molecule has 4 aromatic rings. The van der Waals surface area contributed by atoms with Gasteiger partial charge in [0.2, 0.25) is 5.95 Å². The van der Waals surface area contributed by atoms with Gasteiger partial charge in [-0.1, -0.05) is 31.0 Å². The normalized spacial score (nSPS) is 16.8. The molecule has 0 bridgehead atoms. The first kappa shape index (κ1) is 21.9. The number of fused-ring (bicyclic) bond motifs is 1. The lowest BCUT2D eigenvalue weighted by molar-refractivity contribution is 0.122. The number of halogens is 1. The van der Waals surface area contributed by atoms with Crippen LogP contribution >= 0.6 is 0 Å². The lowest BCUT2D eigenvalue weighted by Crippen LogP contribution is -2.37. The van der Waals surface area contributed by atoms with Gasteiger partial charge in [0.15, 0.2) is 17.0 Å². The predicted octanol–water partition coefficient (Wildman–Crippen LogP) is 4.59. The minimum absolute atomic E-state index is 0.268. The van der Waals surface area contributed by atoms with Crippen molar-refractivity contribution in [3.63, 3.8) is 0 Å². The van der Waals surface area contributed by atoms with Gasteiger partial charge in [-0.2, -0.15) is 9.97 Å². The van der Waals surface area contributed by atoms with E-state index in [4.69, 9.17) is 19.7 Å². The Hall–Kier alpha value is -3.59. The zero-order valence-corrected chi connectivity index (χ0v) is 19.5. The summed E-state index contributed by atoms with van der Waals surface area (Å²) in [5.41, 5.74) is 4.17. The quantitative estimate of drug-likeness (QED) is 0.439. The molecule has 1 saturated carbocycles. The second-order valence-electron chi connectivity index (χ2n) is 9.15. The van der Waals surface area contributed by atoms with E-state index in [1.165, 1.54) is 25.0 Å². The van der Waals surface area contributed by atoms with Gasteiger partial charge in [0.25, 0.3) is 0 Å². The number of morpholine rings is 1. The maximum absolute atomic E-state index is 13.6. The first-order valence-electron chi connectivity index (χ1n) is 12.3. The summed E-state index contributed by atoms with van der Waals surface area (Å²) in [6, 6.07) is 10.8. The molecule has 1 aromatic carbocycles. The molecular formula is C26H28FN7O. The van der Waals surface area contributed by atoms with Crippen LogP contribution in [0, 0.1) is 5.82 Å². The van der Waals surface area contributed by atoms with Crippen molar-refractivity contribution in [1.82, 2.24) is 24.5 Å². The number of rotatable bonds is 6. The highest BCUT2D eigenvalue weighted by atomic mass is 19.1. The van der Waals surface area contributed by atoms with E-state index < -0.39 is 0 Å². The van der Waals surface area contributed by atoms with Crippen LogP contribution in [0.15, 0.2) is 48.9 Å². The van der Waals surface area contributed by atoms with Gasteiger partial charge in [-0.15, -0.1) is 0 Å². The van der Waals surface area contributed by atoms with E-state index in [0.29, 0.717) is 31.7 Å². The summed E-state index contributed by atoms with van der Waals surface area (Å²) in [4.78, 5) is 21.2. The molecule has 4 heterocycles. The number of aromatic nitrogens is 5. The molecule has 1 N–H and O–H groups in total. The number of anilines is 2. The van der Waals surface area contributed by atoms with Crippen LogP contribution in [0.25, 0.3) is 22.4 Å². The van der Waals surface area contributed by atoms with Crippen molar-refractivity contribution >= 4 is 22.9 Å². The number of pyridine rings is 1. The molecule has 0 spiro atoms. The highest BCUT2D eigenvalue weighted by Gasteiger charge is 2.23. The van der Waals surface area contributed by atoms with Crippen LogP contribution in [0.1, 0.15) is 37.3 Å². The summed E-state index contributed by atoms with van der Waals surface area (Å²) < 4.78 is 21.3. The van der Waals surface area contributed by atoms with Gasteiger partial charge in [0, 0.05) is 37.4 Å². The van der Waals surface area contributed by atoms with E-state index in [0.717, 1.165) is 59.7 Å². The topological polar surface area (TPSA) is 81.0 Å². The largest absolute Gasteiger partial charge is 0.378 e. The zero-order chi connectivity index (χ0) is 23.6. The maximum atomic E-state index is 13.6. The lowest BCUT2D eigenvalue weighted by atomic mass is 10.1. The summed E-state index contributed by atoms with van der Waals surface area (Å²) in [5, 5.41) is 3.47. The van der Waals surface area contributed by atoms with Crippen LogP contribution in [0.4, 0.5) is 16.2 Å². The van der Waals surface area contributed by atoms with Crippen molar-refractivity contribution in [2.45, 2.75) is 38.3 Å². The zero-order valence-electron chi connectivity index (χ0n) is 19.5. The standard InChI is InChI=1S/C26H28FN7O/c27-20-5-3-4-19(14-20)22-9-8-18(15-28-22)16-29-24-23-25(34(17-30-23)21-6-1-2-7-21)32-26(31-24)33-10-12-35-13-11-33/h3-5,8-9,14-15,17,21H,1-2,6-7,10-13,16H2,(H,29,31,32). The predicted molar refractivity (Wildman–Crippen MR) is 133 cm³/mol. The molecule has 1 aliphatic carbocycles. The van der Waals surface area contributed by atoms with Crippen molar-refractivity contribution in [1.29, 1.82) is 0 Å². The van der Waals surface area contributed by atoms with Crippen molar-refractivity contribution < 1.29 is 9.13 Å². The fraction of sp³-hybridized carbons (Fsp3) is 0.385. The number of ether oxygens (including phenoxy) is 1. The van der Waals surface area contributed by atoms with E-state index in [9.17, 15) is 4.39 Å². The second-order valence-corrected chi connectivity index (χ2v) is 9.15. The average Bonchev–Trinajstić information content (AvgIpc) is 3.58. The van der Waals surface area contributed by atoms with E-state index in [1.54, 1.807) is 6.07 Å². The fourth-order valence-corrected chi connectivity index (χ4v) is 4.92. The molecule has 9 heteroatoms. The number of nitrogens with zero attached hydrogens (tertiary/aromatic N) is 6. The van der Waals surface area contributed by atoms with Crippen molar-refractivity contribution in [2.75, 3.05) is 36.5 Å². The van der Waals surface area contributed by atoms with Crippen LogP contribution < -0.4 is 10.2 Å². The van der Waals surface area contributed by atoms with Crippen LogP contribution in [0.3, 0.4) is 0 Å². The smallest absolute Gasteiger partial charge is 0.229 e. The maximum Gasteiger partial charge on any atom is 0.229 e. The molecule has 0 unspecified atom stereocenters. The number of hydrogen-bond donors (Lipinski definition) is 1. The molecule has 0 radical (unpaired) electrons. The Morgan fingerprint density at radius 1 is 1.03 bits per heavy atom. The van der Waals surface area contributed by atoms with E-state index in [2.05, 4.69) is 19.8 Å². The van der Waals surface area contributed by atoms with E-state index in [1.807, 2.05) is 30.7 Å². The summed E-state index contributed by atoms with van der Waals surface area (Å²) >= 11 is 0. The third kappa shape index (κ3) is 4.55. The summed E-state index contributed by atoms with van der Waals surface area (Å²) in [6.45, 7) is 3.44. The van der Waals surface area contributed by atoms with Gasteiger partial charge in [-0.05, 0) is 36.6 Å². The minimum atomic E-state index is -0.268. The Labute approximate surface area is 203 Å². The highest BCUT2D eigenvalue weighted by Crippen LogP contribution is 2.33. The summed E-state index contributed by atoms with van der Waals surface area (Å²) in [7, 11) is 0. The highest BCUT2D eigenvalue weighted by molar-refractivity contribution is 5.84. The molecule has 1 aliphatic heterocycles. The minimum Gasteiger partial charge on any atom is -0.378 e. The van der Waals surface area contributed by atoms with Crippen LogP contribution in [-0.4, -0.2) is 50.8 Å². The number of nitrogens with one attached hydrogen (secondary N) is 1. The van der Waals surface area contributed by atoms with E-state index >= 15 is 0 Å². The summed E-state index contributed by atoms with van der Waals surface area (Å²) in [6.07, 6.45) is 8.54. The van der Waals surface area contributed by atoms with Gasteiger partial charge in [0.05, 0.1) is 25.2 Å². The Bertz CT molecular complexity index is 1310. The molecule has 35 heavy (non-hydrogen) atoms. The molecule has 0 atom stereocenters. The average molecular weight is 474 g/mol. The van der Waals surface area contributed by atoms with Gasteiger partial charge >= 0.3 is 0 Å². The summed E-state index contributed by atoms with van der Waals surface area (Å²) in [5.74, 6) is 1.17. The fourth-order valence-electron chi connectivity index (χ4n) is 4.92. The SMILES string of the molecule is Fc1cccc(-c2ccc(CNc3nc(N4CCOCC4)nc4c3ncn4C3CCCC3)cn2)c1. The van der Waals surface area contributed by atoms with Gasteiger partial charge in [0.1, 0.15) is 5.82 Å². The number of benzene rings is 1. The van der Waals surface area contributed by atoms with Crippen LogP contribution in [-0.2, 0) is 11.3 Å². The molecule has 2 fully saturated rings. The Morgan fingerprint density at radius 2 is 1.89 bits per heavy atom. The first-order valence-corrected chi connectivity index (χ1v) is 12.3. The Kier molecular flexibility index (Phi) is 5.99. The molecule has 0 amide bonds. The molecule has 2 aliphatic rings. The van der Waals surface area contributed by atoms with E-state index in [-0.39, 0.29) is 5.82 Å². The van der Waals surface area contributed by atoms with Crippen LogP contribution in [0.5, 0.6) is 0 Å². The molecule has 6 rings (SSSR count). The molecular weight excluding hydrogens is 445 g/mol. The number of imidazole rings is 1. The van der Waals surface area contributed by atoms with Crippen molar-refractivity contribution in [3.8, 4) is 11.3 Å². The van der Waals surface area contributed by atoms with Gasteiger partial charge in [-0.25, -0.2) is 9.37 Å².